The lowest BCUT2D eigenvalue weighted by Crippen LogP contribution is -2.48. The Labute approximate surface area is 306 Å². The van der Waals surface area contributed by atoms with Gasteiger partial charge in [-0.3, -0.25) is 4.79 Å². The summed E-state index contributed by atoms with van der Waals surface area (Å²) in [4.78, 5) is 35.1. The highest BCUT2D eigenvalue weighted by molar-refractivity contribution is 7.18. The van der Waals surface area contributed by atoms with E-state index in [1.165, 1.54) is 34.7 Å². The van der Waals surface area contributed by atoms with Crippen LogP contribution in [0.4, 0.5) is 20.7 Å². The van der Waals surface area contributed by atoms with Crippen molar-refractivity contribution in [3.63, 3.8) is 0 Å². The van der Waals surface area contributed by atoms with Crippen molar-refractivity contribution in [2.45, 2.75) is 70.2 Å². The minimum Gasteiger partial charge on any atom is -0.488 e. The van der Waals surface area contributed by atoms with Crippen LogP contribution >= 0.6 is 22.9 Å². The number of tetrazole rings is 1. The number of nitrogen functional groups attached to an aromatic ring is 1. The highest BCUT2D eigenvalue weighted by atomic mass is 35.5. The number of fused-ring (bicyclic) bond motifs is 3. The molecule has 0 spiro atoms. The molecule has 3 unspecified atom stereocenters. The van der Waals surface area contributed by atoms with Gasteiger partial charge in [0.1, 0.15) is 52.0 Å². The molecular formula is C34H37ClFN11O4S. The minimum atomic E-state index is -0.563. The van der Waals surface area contributed by atoms with Crippen LogP contribution in [0.1, 0.15) is 56.1 Å². The molecule has 3 fully saturated rings. The van der Waals surface area contributed by atoms with E-state index in [0.717, 1.165) is 24.9 Å². The highest BCUT2D eigenvalue weighted by Gasteiger charge is 2.49. The molecule has 3 aliphatic rings. The van der Waals surface area contributed by atoms with Crippen LogP contribution < -0.4 is 20.7 Å². The predicted octanol–water partition coefficient (Wildman–Crippen LogP) is 4.98. The molecule has 2 bridgehead atoms. The van der Waals surface area contributed by atoms with E-state index in [1.807, 2.05) is 26.8 Å². The number of nitrogens with one attached hydrogen (secondary N) is 1. The van der Waals surface area contributed by atoms with E-state index in [-0.39, 0.29) is 47.6 Å². The van der Waals surface area contributed by atoms with Gasteiger partial charge in [-0.1, -0.05) is 17.7 Å². The number of hydrogen-bond acceptors (Lipinski definition) is 12. The summed E-state index contributed by atoms with van der Waals surface area (Å²) in [5, 5.41) is 18.6. The SMILES string of the molecule is CC(C)(C)OC(=O)N1CC2CC1CC2Oc1cc(Cl)sc1C(=O)N[C@@H]1CCCN(c2cc(-c3ccc(-n4cnnn4)c(F)c3)n3ncnc(N)c23)C1. The number of piperidine rings is 2. The smallest absolute Gasteiger partial charge is 0.410 e. The van der Waals surface area contributed by atoms with E-state index in [2.05, 4.69) is 35.8 Å². The third-order valence-electron chi connectivity index (χ3n) is 9.76. The van der Waals surface area contributed by atoms with Gasteiger partial charge in [0, 0.05) is 55.7 Å². The van der Waals surface area contributed by atoms with Crippen LogP contribution in [-0.4, -0.2) is 95.1 Å². The van der Waals surface area contributed by atoms with Crippen LogP contribution in [0.2, 0.25) is 4.34 Å². The molecule has 2 saturated heterocycles. The number of anilines is 2. The van der Waals surface area contributed by atoms with Crippen molar-refractivity contribution < 1.29 is 23.5 Å². The Kier molecular flexibility index (Phi) is 8.64. The van der Waals surface area contributed by atoms with E-state index >= 15 is 4.39 Å². The number of carbonyl (C=O) groups excluding carboxylic acids is 2. The first-order chi connectivity index (χ1) is 24.9. The first-order valence-electron chi connectivity index (χ1n) is 17.1. The molecule has 1 aliphatic carbocycles. The van der Waals surface area contributed by atoms with Crippen molar-refractivity contribution >= 4 is 52.0 Å². The fourth-order valence-electron chi connectivity index (χ4n) is 7.53. The number of likely N-dealkylation sites (tertiary alicyclic amines) is 1. The summed E-state index contributed by atoms with van der Waals surface area (Å²) in [6.07, 6.45) is 5.29. The molecule has 8 rings (SSSR count). The van der Waals surface area contributed by atoms with Gasteiger partial charge in [0.15, 0.2) is 5.82 Å². The van der Waals surface area contributed by atoms with Crippen molar-refractivity contribution in [3.8, 4) is 22.7 Å². The number of ether oxygens (including phenoxy) is 2. The maximum atomic E-state index is 15.3. The first-order valence-corrected chi connectivity index (χ1v) is 18.3. The molecule has 272 valence electrons. The lowest BCUT2D eigenvalue weighted by molar-refractivity contribution is 0.0105. The lowest BCUT2D eigenvalue weighted by atomic mass is 10.0. The van der Waals surface area contributed by atoms with Gasteiger partial charge in [-0.25, -0.2) is 18.7 Å². The summed E-state index contributed by atoms with van der Waals surface area (Å²) in [5.41, 5.74) is 8.61. The summed E-state index contributed by atoms with van der Waals surface area (Å²) in [6.45, 7) is 7.32. The van der Waals surface area contributed by atoms with Gasteiger partial charge in [-0.15, -0.1) is 16.4 Å². The monoisotopic (exact) mass is 749 g/mol. The summed E-state index contributed by atoms with van der Waals surface area (Å²) in [6, 6.07) is 8.22. The third kappa shape index (κ3) is 6.46. The van der Waals surface area contributed by atoms with E-state index < -0.39 is 11.4 Å². The van der Waals surface area contributed by atoms with Gasteiger partial charge in [0.05, 0.1) is 15.7 Å². The highest BCUT2D eigenvalue weighted by Crippen LogP contribution is 2.43. The average Bonchev–Trinajstić information content (AvgIpc) is 3.93. The van der Waals surface area contributed by atoms with Crippen molar-refractivity contribution in [1.29, 1.82) is 0 Å². The molecule has 15 nitrogen and oxygen atoms in total. The molecular weight excluding hydrogens is 713 g/mol. The van der Waals surface area contributed by atoms with E-state index in [9.17, 15) is 9.59 Å². The van der Waals surface area contributed by atoms with Gasteiger partial charge < -0.3 is 30.3 Å². The van der Waals surface area contributed by atoms with Crippen LogP contribution in [0.3, 0.4) is 0 Å². The Morgan fingerprint density at radius 2 is 1.98 bits per heavy atom. The molecule has 52 heavy (non-hydrogen) atoms. The molecule has 0 radical (unpaired) electrons. The van der Waals surface area contributed by atoms with E-state index in [4.69, 9.17) is 26.8 Å². The first kappa shape index (κ1) is 34.1. The molecule has 1 saturated carbocycles. The van der Waals surface area contributed by atoms with Crippen molar-refractivity contribution in [3.05, 3.63) is 58.0 Å². The normalized spacial score (nSPS) is 21.6. The Balaban J connectivity index is 0.972. The number of thiophene rings is 1. The van der Waals surface area contributed by atoms with Crippen molar-refractivity contribution in [2.75, 3.05) is 30.3 Å². The number of amides is 2. The lowest BCUT2D eigenvalue weighted by Gasteiger charge is -2.34. The molecule has 4 aromatic heterocycles. The molecule has 6 heterocycles. The van der Waals surface area contributed by atoms with Crippen LogP contribution in [0, 0.1) is 11.7 Å². The minimum absolute atomic E-state index is 0.0328. The molecule has 18 heteroatoms. The molecule has 2 aliphatic heterocycles. The number of carbonyl (C=O) groups is 2. The number of halogens is 2. The Hall–Kier alpha value is -5.03. The molecule has 4 atom stereocenters. The quantitative estimate of drug-likeness (QED) is 0.230. The van der Waals surface area contributed by atoms with Crippen LogP contribution in [-0.2, 0) is 4.74 Å². The Bertz CT molecular complexity index is 2150. The van der Waals surface area contributed by atoms with Gasteiger partial charge in [-0.05, 0) is 68.7 Å². The predicted molar refractivity (Wildman–Crippen MR) is 191 cm³/mol. The molecule has 1 aromatic carbocycles. The Morgan fingerprint density at radius 3 is 2.71 bits per heavy atom. The maximum Gasteiger partial charge on any atom is 0.410 e. The van der Waals surface area contributed by atoms with E-state index in [1.54, 1.807) is 27.6 Å². The van der Waals surface area contributed by atoms with Gasteiger partial charge in [0.2, 0.25) is 0 Å². The Morgan fingerprint density at radius 1 is 1.13 bits per heavy atom. The molecule has 3 N–H and O–H groups in total. The molecule has 2 amide bonds. The summed E-state index contributed by atoms with van der Waals surface area (Å²) in [5.74, 6) is 0.0916. The number of nitrogens with two attached hydrogens (primary N) is 1. The van der Waals surface area contributed by atoms with Gasteiger partial charge in [-0.2, -0.15) is 9.78 Å². The largest absolute Gasteiger partial charge is 0.488 e. The second kappa shape index (κ2) is 13.2. The topological polar surface area (TPSA) is 171 Å². The third-order valence-corrected chi connectivity index (χ3v) is 11.0. The fourth-order valence-corrected chi connectivity index (χ4v) is 8.58. The maximum absolute atomic E-state index is 15.3. The van der Waals surface area contributed by atoms with Crippen LogP contribution in [0.25, 0.3) is 22.5 Å². The number of benzene rings is 1. The van der Waals surface area contributed by atoms with Crippen LogP contribution in [0.15, 0.2) is 43.0 Å². The fraction of sp³-hybridized carbons (Fsp3) is 0.441. The summed E-state index contributed by atoms with van der Waals surface area (Å²) >= 11 is 7.62. The zero-order valence-electron chi connectivity index (χ0n) is 28.7. The van der Waals surface area contributed by atoms with Gasteiger partial charge >= 0.3 is 6.09 Å². The zero-order valence-corrected chi connectivity index (χ0v) is 30.3. The average molecular weight is 750 g/mol. The van der Waals surface area contributed by atoms with Crippen molar-refractivity contribution in [1.82, 2.24) is 45.0 Å². The standard InChI is InChI=1S/C34H37ClFN11O4S/c1-34(2,3)51-33(49)45-14-19-9-21(45)11-26(19)50-27-13-28(35)52-30(27)32(48)41-20-5-4-8-44(15-20)25-12-24(47-29(25)31(37)38-16-40-47)18-6-7-23(22(36)10-18)46-17-39-42-43-46/h6-7,10,12-13,16-17,19-21,26H,4-5,8-9,11,14-15H2,1-3H3,(H,41,48)(H2,37,38,40)/t19?,20-,21?,26?/m1/s1. The van der Waals surface area contributed by atoms with Crippen LogP contribution in [0.5, 0.6) is 5.75 Å². The van der Waals surface area contributed by atoms with Crippen molar-refractivity contribution in [2.24, 2.45) is 5.92 Å². The number of rotatable bonds is 7. The van der Waals surface area contributed by atoms with E-state index in [0.29, 0.717) is 57.8 Å². The number of nitrogens with zero attached hydrogens (tertiary/aromatic N) is 9. The van der Waals surface area contributed by atoms with Gasteiger partial charge in [0.25, 0.3) is 5.91 Å². The second-order valence-electron chi connectivity index (χ2n) is 14.4. The summed E-state index contributed by atoms with van der Waals surface area (Å²) < 4.78 is 30.7. The second-order valence-corrected chi connectivity index (χ2v) is 16.1. The zero-order chi connectivity index (χ0) is 36.3. The summed E-state index contributed by atoms with van der Waals surface area (Å²) in [7, 11) is 0. The molecule has 5 aromatic rings. The number of hydrogen-bond donors (Lipinski definition) is 2. The number of aromatic nitrogens is 7.